The summed E-state index contributed by atoms with van der Waals surface area (Å²) >= 11 is 1.50. The van der Waals surface area contributed by atoms with Crippen LogP contribution >= 0.6 is 11.3 Å². The summed E-state index contributed by atoms with van der Waals surface area (Å²) in [7, 11) is 6.66. The smallest absolute Gasteiger partial charge is 0.308 e. The van der Waals surface area contributed by atoms with Crippen molar-refractivity contribution in [2.45, 2.75) is 153 Å². The molecule has 18 nitrogen and oxygen atoms in total. The topological polar surface area (TPSA) is 219 Å². The molecule has 19 heteroatoms. The number of carbonyl (C=O) groups excluding carboxylic acids is 2. The van der Waals surface area contributed by atoms with Crippen LogP contribution in [0, 0.1) is 23.7 Å². The third-order valence-electron chi connectivity index (χ3n) is 14.0. The first-order chi connectivity index (χ1) is 33.6. The van der Waals surface area contributed by atoms with E-state index in [1.165, 1.54) is 18.4 Å². The molecule has 2 bridgehead atoms. The van der Waals surface area contributed by atoms with Gasteiger partial charge in [0.15, 0.2) is 24.5 Å². The van der Waals surface area contributed by atoms with Crippen molar-refractivity contribution in [3.05, 3.63) is 59.3 Å². The number of oxime groups is 1. The summed E-state index contributed by atoms with van der Waals surface area (Å²) in [5, 5.41) is 38.0. The van der Waals surface area contributed by atoms with E-state index >= 15 is 0 Å². The molecule has 2 aromatic heterocycles. The molecule has 4 aliphatic rings. The summed E-state index contributed by atoms with van der Waals surface area (Å²) in [5.41, 5.74) is 1.24. The molecular weight excluding hydrogens is 925 g/mol. The Kier molecular flexibility index (Phi) is 21.4. The second-order valence-electron chi connectivity index (χ2n) is 19.3. The van der Waals surface area contributed by atoms with Gasteiger partial charge in [0.25, 0.3) is 0 Å². The molecule has 0 amide bonds. The van der Waals surface area contributed by atoms with Crippen molar-refractivity contribution >= 4 is 28.8 Å². The van der Waals surface area contributed by atoms with Crippen LogP contribution in [0.25, 0.3) is 10.7 Å². The lowest BCUT2D eigenvalue weighted by Crippen LogP contribution is -2.63. The van der Waals surface area contributed by atoms with Gasteiger partial charge < -0.3 is 63.0 Å². The van der Waals surface area contributed by atoms with E-state index in [0.29, 0.717) is 43.6 Å². The lowest BCUT2D eigenvalue weighted by molar-refractivity contribution is -0.305. The van der Waals surface area contributed by atoms with Gasteiger partial charge in [-0.05, 0) is 90.2 Å². The minimum Gasteiger partial charge on any atom is -0.462 e. The number of allylic oxidation sites excluding steroid dienone is 3. The number of aliphatic hydroxyl groups excluding tert-OH is 3. The average molecular weight is 1000 g/mol. The fraction of sp³-hybridized carbons (Fsp3) is 0.706. The number of hydrogen-bond acceptors (Lipinski definition) is 19. The Morgan fingerprint density at radius 3 is 2.41 bits per heavy atom. The van der Waals surface area contributed by atoms with Gasteiger partial charge in [0, 0.05) is 55.9 Å². The summed E-state index contributed by atoms with van der Waals surface area (Å²) in [6.45, 7) is 9.99. The zero-order valence-corrected chi connectivity index (χ0v) is 43.0. The van der Waals surface area contributed by atoms with E-state index in [-0.39, 0.29) is 51.2 Å². The van der Waals surface area contributed by atoms with Crippen molar-refractivity contribution in [2.24, 2.45) is 28.8 Å². The summed E-state index contributed by atoms with van der Waals surface area (Å²) in [4.78, 5) is 46.7. The number of thiophene rings is 1. The maximum absolute atomic E-state index is 14.5. The van der Waals surface area contributed by atoms with E-state index in [2.05, 4.69) is 15.1 Å². The number of esters is 1. The fourth-order valence-corrected chi connectivity index (χ4v) is 10.9. The van der Waals surface area contributed by atoms with Crippen molar-refractivity contribution < 1.29 is 67.6 Å². The zero-order valence-electron chi connectivity index (χ0n) is 42.2. The highest BCUT2D eigenvalue weighted by Gasteiger charge is 2.48. The second-order valence-corrected chi connectivity index (χ2v) is 20.5. The predicted octanol–water partition coefficient (Wildman–Crippen LogP) is 4.93. The SMILES string of the molecule is CC[C@H]1OC(=O)C[C@H]2OC/C(=N/OCc3ccc(-c4ncccn4)s3)COCCC(C[C@@H](C)C(=O)/C=C/C(C)=C/[C@@H]1CO[C@@H]1CC[C@@H](O)[C@@H](OC)[C@H]1OC)[C@H](O[C@@H]1O[C@H](C)[C@@H](O)[C@H](N(C)C)[C@H]1O)[C@H]2C. The van der Waals surface area contributed by atoms with Crippen molar-refractivity contribution in [3.63, 3.8) is 0 Å². The number of cyclic esters (lactones) is 1. The lowest BCUT2D eigenvalue weighted by atomic mass is 9.79. The van der Waals surface area contributed by atoms with Crippen LogP contribution in [0.5, 0.6) is 0 Å². The van der Waals surface area contributed by atoms with Gasteiger partial charge in [0.05, 0.1) is 73.8 Å². The molecule has 3 fully saturated rings. The number of likely N-dealkylation sites (N-methyl/N-ethyl adjacent to an activating group) is 1. The van der Waals surface area contributed by atoms with Crippen molar-refractivity contribution in [2.75, 3.05) is 54.7 Å². The third-order valence-corrected chi connectivity index (χ3v) is 15.1. The number of ether oxygens (including phenoxy) is 8. The minimum atomic E-state index is -1.25. The molecule has 5 heterocycles. The molecule has 2 aromatic rings. The maximum atomic E-state index is 14.5. The standard InChI is InChI=1S/C51H76N4O14S/c1-10-39-34(25-64-40-16-15-38(57)48(61-8)49(40)62-9)22-29(2)12-14-37(56)30(3)23-33-18-21-63-26-35(54-66-28-36-13-17-42(70-36)50-52-19-11-20-53-50)27-65-41(24-43(58)68-39)31(4)47(33)69-51-46(60)44(55(6)7)45(59)32(5)67-51/h11-14,17,19-20,22,30-34,38-41,44-49,51,57,59-60H,10,15-16,18,21,23-28H2,1-9H3/b14-12+,29-22+,54-35+/t30-,31+,32-,33?,34-,38-,39-,40-,41-,44+,45-,46-,47-,48-,49+,51+/m1/s1. The van der Waals surface area contributed by atoms with Crippen LogP contribution in [0.15, 0.2) is 59.5 Å². The predicted molar refractivity (Wildman–Crippen MR) is 261 cm³/mol. The van der Waals surface area contributed by atoms with Gasteiger partial charge in [-0.25, -0.2) is 9.97 Å². The Morgan fingerprint density at radius 1 is 0.943 bits per heavy atom. The number of hydrogen-bond donors (Lipinski definition) is 3. The summed E-state index contributed by atoms with van der Waals surface area (Å²) in [6.07, 6.45) is 2.27. The average Bonchev–Trinajstić information content (AvgIpc) is 3.82. The Labute approximate surface area is 416 Å². The van der Waals surface area contributed by atoms with Crippen molar-refractivity contribution in [1.82, 2.24) is 14.9 Å². The number of methoxy groups -OCH3 is 2. The fourth-order valence-electron chi connectivity index (χ4n) is 10.0. The molecule has 0 spiro atoms. The Morgan fingerprint density at radius 2 is 1.70 bits per heavy atom. The van der Waals surface area contributed by atoms with Crippen LogP contribution in [0.4, 0.5) is 0 Å². The molecule has 0 radical (unpaired) electrons. The molecular formula is C51H76N4O14S. The monoisotopic (exact) mass is 1000 g/mol. The number of aromatic nitrogens is 2. The first kappa shape index (κ1) is 55.7. The first-order valence-corrected chi connectivity index (χ1v) is 25.5. The van der Waals surface area contributed by atoms with E-state index in [1.807, 2.05) is 45.9 Å². The molecule has 2 saturated heterocycles. The van der Waals surface area contributed by atoms with Crippen molar-refractivity contribution in [1.29, 1.82) is 0 Å². The van der Waals surface area contributed by atoms with E-state index in [4.69, 9.17) is 42.7 Å². The van der Waals surface area contributed by atoms with Gasteiger partial charge >= 0.3 is 5.97 Å². The van der Waals surface area contributed by atoms with Crippen LogP contribution < -0.4 is 0 Å². The molecule has 3 aliphatic heterocycles. The number of rotatable bonds is 13. The van der Waals surface area contributed by atoms with Gasteiger partial charge in [0.2, 0.25) is 0 Å². The highest BCUT2D eigenvalue weighted by Crippen LogP contribution is 2.36. The number of nitrogens with zero attached hydrogens (tertiary/aromatic N) is 4. The molecule has 0 aromatic carbocycles. The second kappa shape index (κ2) is 26.9. The van der Waals surface area contributed by atoms with Crippen LogP contribution in [-0.4, -0.2) is 176 Å². The van der Waals surface area contributed by atoms with Gasteiger partial charge in [-0.15, -0.1) is 11.3 Å². The van der Waals surface area contributed by atoms with Crippen LogP contribution in [-0.2, 0) is 58.9 Å². The van der Waals surface area contributed by atoms with Crippen LogP contribution in [0.1, 0.15) is 78.0 Å². The maximum Gasteiger partial charge on any atom is 0.308 e. The normalized spacial score (nSPS) is 37.3. The molecule has 1 saturated carbocycles. The largest absolute Gasteiger partial charge is 0.462 e. The van der Waals surface area contributed by atoms with Gasteiger partial charge in [-0.3, -0.25) is 9.59 Å². The quantitative estimate of drug-likeness (QED) is 0.179. The molecule has 1 unspecified atom stereocenters. The number of fused-ring (bicyclic) bond motifs is 3. The van der Waals surface area contributed by atoms with E-state index < -0.39 is 97.1 Å². The van der Waals surface area contributed by atoms with Crippen molar-refractivity contribution in [3.8, 4) is 10.7 Å². The zero-order chi connectivity index (χ0) is 50.5. The van der Waals surface area contributed by atoms with E-state index in [1.54, 1.807) is 63.6 Å². The third kappa shape index (κ3) is 14.8. The summed E-state index contributed by atoms with van der Waals surface area (Å²) in [6, 6.07) is 4.94. The van der Waals surface area contributed by atoms with Gasteiger partial charge in [0.1, 0.15) is 30.1 Å². The molecule has 70 heavy (non-hydrogen) atoms. The first-order valence-electron chi connectivity index (χ1n) is 24.6. The molecule has 6 rings (SSSR count). The lowest BCUT2D eigenvalue weighted by Gasteiger charge is -2.47. The van der Waals surface area contributed by atoms with Crippen LogP contribution in [0.2, 0.25) is 0 Å². The molecule has 16 atom stereocenters. The van der Waals surface area contributed by atoms with Crippen LogP contribution in [0.3, 0.4) is 0 Å². The number of aliphatic hydroxyl groups is 3. The van der Waals surface area contributed by atoms with Gasteiger partial charge in [-0.1, -0.05) is 43.7 Å². The highest BCUT2D eigenvalue weighted by atomic mass is 32.1. The minimum absolute atomic E-state index is 0.0593. The van der Waals surface area contributed by atoms with E-state index in [0.717, 1.165) is 15.3 Å². The molecule has 3 N–H and O–H groups in total. The summed E-state index contributed by atoms with van der Waals surface area (Å²) < 4.78 is 50.4. The number of carbonyl (C=O) groups is 2. The Balaban J connectivity index is 1.32. The van der Waals surface area contributed by atoms with Gasteiger partial charge in [-0.2, -0.15) is 0 Å². The van der Waals surface area contributed by atoms with E-state index in [9.17, 15) is 24.9 Å². The Hall–Kier alpha value is -3.57. The molecule has 1 aliphatic carbocycles. The highest BCUT2D eigenvalue weighted by molar-refractivity contribution is 7.15. The Bertz CT molecular complexity index is 2040. The number of ketones is 1. The summed E-state index contributed by atoms with van der Waals surface area (Å²) in [5.74, 6) is -1.81. The molecule has 390 valence electrons.